The van der Waals surface area contributed by atoms with Crippen LogP contribution in [-0.4, -0.2) is 48.0 Å². The number of carbonyl (C=O) groups is 3. The molecule has 7 heteroatoms. The zero-order valence-electron chi connectivity index (χ0n) is 18.2. The molecule has 7 nitrogen and oxygen atoms in total. The number of hydrogen-bond acceptors (Lipinski definition) is 5. The van der Waals surface area contributed by atoms with Gasteiger partial charge in [0, 0.05) is 29.2 Å². The predicted octanol–water partition coefficient (Wildman–Crippen LogP) is 3.87. The maximum absolute atomic E-state index is 13.2. The SMILES string of the molecule is CCOC(=O)C1=CN(C(=O)c2ccc(C(=O)OC)cc2)CCc2c1[nH]c1c(C)cccc21. The predicted molar refractivity (Wildman–Crippen MR) is 120 cm³/mol. The van der Waals surface area contributed by atoms with E-state index in [4.69, 9.17) is 9.47 Å². The number of aromatic amines is 1. The summed E-state index contributed by atoms with van der Waals surface area (Å²) in [6, 6.07) is 12.3. The molecule has 0 aliphatic carbocycles. The van der Waals surface area contributed by atoms with Gasteiger partial charge in [-0.2, -0.15) is 0 Å². The maximum Gasteiger partial charge on any atom is 0.341 e. The topological polar surface area (TPSA) is 88.7 Å². The first-order chi connectivity index (χ1) is 15.4. The van der Waals surface area contributed by atoms with E-state index in [1.54, 1.807) is 37.4 Å². The van der Waals surface area contributed by atoms with Crippen LogP contribution in [0.15, 0.2) is 48.7 Å². The van der Waals surface area contributed by atoms with Crippen molar-refractivity contribution in [1.82, 2.24) is 9.88 Å². The Balaban J connectivity index is 1.74. The van der Waals surface area contributed by atoms with Gasteiger partial charge in [-0.15, -0.1) is 0 Å². The van der Waals surface area contributed by atoms with Crippen LogP contribution in [0.3, 0.4) is 0 Å². The normalized spacial score (nSPS) is 13.2. The smallest absolute Gasteiger partial charge is 0.341 e. The van der Waals surface area contributed by atoms with Crippen LogP contribution in [0.1, 0.15) is 44.5 Å². The van der Waals surface area contributed by atoms with E-state index in [9.17, 15) is 14.4 Å². The summed E-state index contributed by atoms with van der Waals surface area (Å²) in [5, 5.41) is 1.03. The van der Waals surface area contributed by atoms with Gasteiger partial charge in [0.1, 0.15) is 0 Å². The van der Waals surface area contributed by atoms with E-state index < -0.39 is 11.9 Å². The summed E-state index contributed by atoms with van der Waals surface area (Å²) in [7, 11) is 1.31. The van der Waals surface area contributed by atoms with E-state index >= 15 is 0 Å². The third-order valence-corrected chi connectivity index (χ3v) is 5.62. The largest absolute Gasteiger partial charge is 0.465 e. The van der Waals surface area contributed by atoms with Gasteiger partial charge in [0.15, 0.2) is 0 Å². The number of fused-ring (bicyclic) bond motifs is 3. The van der Waals surface area contributed by atoms with Gasteiger partial charge in [-0.1, -0.05) is 18.2 Å². The molecule has 1 aliphatic rings. The van der Waals surface area contributed by atoms with Crippen molar-refractivity contribution in [1.29, 1.82) is 0 Å². The number of benzene rings is 2. The number of aryl methyl sites for hydroxylation is 1. The van der Waals surface area contributed by atoms with Crippen LogP contribution in [0, 0.1) is 6.92 Å². The second-order valence-electron chi connectivity index (χ2n) is 7.56. The number of esters is 2. The Bertz CT molecular complexity index is 1240. The third kappa shape index (κ3) is 3.77. The fourth-order valence-electron chi connectivity index (χ4n) is 3.98. The number of aromatic nitrogens is 1. The molecule has 0 saturated carbocycles. The van der Waals surface area contributed by atoms with Gasteiger partial charge < -0.3 is 19.4 Å². The molecule has 3 aromatic rings. The van der Waals surface area contributed by atoms with Crippen LogP contribution >= 0.6 is 0 Å². The lowest BCUT2D eigenvalue weighted by atomic mass is 10.0. The van der Waals surface area contributed by atoms with Crippen LogP contribution in [0.2, 0.25) is 0 Å². The zero-order valence-corrected chi connectivity index (χ0v) is 18.2. The van der Waals surface area contributed by atoms with Crippen LogP contribution in [0.5, 0.6) is 0 Å². The molecule has 32 heavy (non-hydrogen) atoms. The molecule has 4 rings (SSSR count). The fourth-order valence-corrected chi connectivity index (χ4v) is 3.98. The van der Waals surface area contributed by atoms with Gasteiger partial charge in [0.25, 0.3) is 5.91 Å². The highest BCUT2D eigenvalue weighted by molar-refractivity contribution is 6.18. The molecule has 1 aliphatic heterocycles. The molecule has 0 unspecified atom stereocenters. The van der Waals surface area contributed by atoms with Crippen LogP contribution in [0.25, 0.3) is 16.5 Å². The van der Waals surface area contributed by atoms with E-state index in [1.807, 2.05) is 25.1 Å². The van der Waals surface area contributed by atoms with E-state index in [0.717, 1.165) is 22.0 Å². The highest BCUT2D eigenvalue weighted by atomic mass is 16.5. The molecule has 0 fully saturated rings. The Morgan fingerprint density at radius 1 is 1.03 bits per heavy atom. The molecule has 1 aromatic heterocycles. The van der Waals surface area contributed by atoms with Crippen LogP contribution in [0.4, 0.5) is 0 Å². The molecular weight excluding hydrogens is 408 g/mol. The lowest BCUT2D eigenvalue weighted by Gasteiger charge is -2.18. The summed E-state index contributed by atoms with van der Waals surface area (Å²) in [5.41, 5.74) is 4.81. The van der Waals surface area contributed by atoms with Gasteiger partial charge in [0.2, 0.25) is 0 Å². The van der Waals surface area contributed by atoms with Crippen molar-refractivity contribution in [2.75, 3.05) is 20.3 Å². The van der Waals surface area contributed by atoms with Crippen molar-refractivity contribution < 1.29 is 23.9 Å². The summed E-state index contributed by atoms with van der Waals surface area (Å²) in [4.78, 5) is 42.6. The number of hydrogen-bond donors (Lipinski definition) is 1. The van der Waals surface area contributed by atoms with Gasteiger partial charge in [-0.25, -0.2) is 9.59 Å². The first-order valence-electron chi connectivity index (χ1n) is 10.4. The number of amides is 1. The number of para-hydroxylation sites is 1. The quantitative estimate of drug-likeness (QED) is 0.633. The molecule has 1 amide bonds. The Morgan fingerprint density at radius 2 is 1.75 bits per heavy atom. The number of nitrogens with one attached hydrogen (secondary N) is 1. The lowest BCUT2D eigenvalue weighted by Crippen LogP contribution is -2.28. The van der Waals surface area contributed by atoms with E-state index in [1.165, 1.54) is 12.0 Å². The van der Waals surface area contributed by atoms with Crippen molar-refractivity contribution >= 4 is 34.3 Å². The highest BCUT2D eigenvalue weighted by Crippen LogP contribution is 2.33. The fraction of sp³-hybridized carbons (Fsp3) is 0.240. The molecule has 164 valence electrons. The van der Waals surface area contributed by atoms with Crippen LogP contribution in [-0.2, 0) is 20.7 Å². The molecule has 0 bridgehead atoms. The molecule has 0 spiro atoms. The molecule has 0 radical (unpaired) electrons. The van der Waals surface area contributed by atoms with E-state index in [-0.39, 0.29) is 12.5 Å². The molecule has 0 atom stereocenters. The maximum atomic E-state index is 13.2. The average Bonchev–Trinajstić information content (AvgIpc) is 3.07. The van der Waals surface area contributed by atoms with Gasteiger partial charge in [-0.05, 0) is 55.7 Å². The first-order valence-corrected chi connectivity index (χ1v) is 10.4. The number of rotatable bonds is 4. The number of ether oxygens (including phenoxy) is 2. The van der Waals surface area contributed by atoms with Crippen molar-refractivity contribution in [2.45, 2.75) is 20.3 Å². The van der Waals surface area contributed by atoms with Crippen molar-refractivity contribution in [3.05, 3.63) is 76.6 Å². The van der Waals surface area contributed by atoms with Crippen molar-refractivity contribution in [3.63, 3.8) is 0 Å². The molecular formula is C25H24N2O5. The Hall–Kier alpha value is -3.87. The minimum absolute atomic E-state index is 0.230. The Labute approximate surface area is 185 Å². The minimum atomic E-state index is -0.487. The van der Waals surface area contributed by atoms with Gasteiger partial charge in [-0.3, -0.25) is 4.79 Å². The number of nitrogens with zero attached hydrogens (tertiary/aromatic N) is 1. The van der Waals surface area contributed by atoms with Gasteiger partial charge in [0.05, 0.1) is 30.5 Å². The monoisotopic (exact) mass is 432 g/mol. The standard InChI is InChI=1S/C25H24N2O5/c1-4-32-25(30)20-14-27(23(28)16-8-10-17(11-9-16)24(29)31-3)13-12-19-18-7-5-6-15(2)21(18)26-22(19)20/h5-11,14,26H,4,12-13H2,1-3H3. The third-order valence-electron chi connectivity index (χ3n) is 5.62. The highest BCUT2D eigenvalue weighted by Gasteiger charge is 2.28. The first kappa shape index (κ1) is 21.4. The number of carbonyl (C=O) groups excluding carboxylic acids is 3. The molecule has 2 heterocycles. The second kappa shape index (κ2) is 8.70. The second-order valence-corrected chi connectivity index (χ2v) is 7.56. The minimum Gasteiger partial charge on any atom is -0.465 e. The average molecular weight is 432 g/mol. The van der Waals surface area contributed by atoms with Crippen molar-refractivity contribution in [3.8, 4) is 0 Å². The molecule has 2 aromatic carbocycles. The Kier molecular flexibility index (Phi) is 5.81. The Morgan fingerprint density at radius 3 is 2.44 bits per heavy atom. The summed E-state index contributed by atoms with van der Waals surface area (Å²) >= 11 is 0. The van der Waals surface area contributed by atoms with E-state index in [0.29, 0.717) is 35.4 Å². The zero-order chi connectivity index (χ0) is 22.8. The van der Waals surface area contributed by atoms with E-state index in [2.05, 4.69) is 4.98 Å². The van der Waals surface area contributed by atoms with Gasteiger partial charge >= 0.3 is 11.9 Å². The number of H-pyrrole nitrogens is 1. The number of methoxy groups -OCH3 is 1. The molecule has 1 N–H and O–H groups in total. The van der Waals surface area contributed by atoms with Crippen molar-refractivity contribution in [2.24, 2.45) is 0 Å². The van der Waals surface area contributed by atoms with Crippen LogP contribution < -0.4 is 0 Å². The summed E-state index contributed by atoms with van der Waals surface area (Å²) in [6.45, 7) is 4.39. The lowest BCUT2D eigenvalue weighted by molar-refractivity contribution is -0.136. The molecule has 0 saturated heterocycles. The summed E-state index contributed by atoms with van der Waals surface area (Å²) in [5.74, 6) is -1.23. The summed E-state index contributed by atoms with van der Waals surface area (Å²) < 4.78 is 10.00. The summed E-state index contributed by atoms with van der Waals surface area (Å²) in [6.07, 6.45) is 2.13.